The van der Waals surface area contributed by atoms with Gasteiger partial charge in [-0.05, 0) is 29.7 Å². The molecule has 2 aromatic carbocycles. The van der Waals surface area contributed by atoms with Crippen molar-refractivity contribution >= 4 is 0 Å². The van der Waals surface area contributed by atoms with E-state index in [1.807, 2.05) is 18.2 Å². The Morgan fingerprint density at radius 3 is 2.06 bits per heavy atom. The van der Waals surface area contributed by atoms with Crippen molar-refractivity contribution < 1.29 is 0 Å². The number of rotatable bonds is 3. The zero-order chi connectivity index (χ0) is 12.1. The van der Waals surface area contributed by atoms with Gasteiger partial charge in [0.25, 0.3) is 0 Å². The summed E-state index contributed by atoms with van der Waals surface area (Å²) in [7, 11) is 0. The van der Waals surface area contributed by atoms with Gasteiger partial charge in [0.15, 0.2) is 0 Å². The molecule has 0 aliphatic rings. The van der Waals surface area contributed by atoms with Crippen LogP contribution in [0.5, 0.6) is 0 Å². The van der Waals surface area contributed by atoms with Crippen molar-refractivity contribution in [3.63, 3.8) is 0 Å². The molecule has 1 heteroatoms. The largest absolute Gasteiger partial charge is 0.192 e. The van der Waals surface area contributed by atoms with E-state index in [4.69, 9.17) is 5.26 Å². The normalized spacial score (nSPS) is 11.8. The summed E-state index contributed by atoms with van der Waals surface area (Å²) < 4.78 is 0. The topological polar surface area (TPSA) is 23.8 Å². The molecule has 0 saturated heterocycles. The van der Waals surface area contributed by atoms with Crippen molar-refractivity contribution in [2.45, 2.75) is 19.3 Å². The second-order valence-electron chi connectivity index (χ2n) is 4.11. The highest BCUT2D eigenvalue weighted by Gasteiger charge is 2.11. The first-order chi connectivity index (χ1) is 8.35. The van der Waals surface area contributed by atoms with Gasteiger partial charge in [0.1, 0.15) is 0 Å². The van der Waals surface area contributed by atoms with E-state index in [1.54, 1.807) is 0 Å². The molecule has 2 aromatic rings. The van der Waals surface area contributed by atoms with E-state index in [1.165, 1.54) is 11.1 Å². The summed E-state index contributed by atoms with van der Waals surface area (Å²) in [4.78, 5) is 0. The fraction of sp³-hybridized carbons (Fsp3) is 0.188. The molecular formula is C16H15N. The van der Waals surface area contributed by atoms with Crippen molar-refractivity contribution in [2.75, 3.05) is 0 Å². The lowest BCUT2D eigenvalue weighted by molar-refractivity contribution is 0.777. The van der Waals surface area contributed by atoms with Crippen molar-refractivity contribution in [3.8, 4) is 6.07 Å². The van der Waals surface area contributed by atoms with Crippen molar-refractivity contribution in [1.82, 2.24) is 0 Å². The molecule has 0 saturated carbocycles. The van der Waals surface area contributed by atoms with Gasteiger partial charge in [-0.25, -0.2) is 0 Å². The van der Waals surface area contributed by atoms with Gasteiger partial charge in [-0.1, -0.05) is 49.4 Å². The zero-order valence-corrected chi connectivity index (χ0v) is 9.93. The van der Waals surface area contributed by atoms with E-state index in [2.05, 4.69) is 49.4 Å². The third-order valence-electron chi connectivity index (χ3n) is 3.05. The average molecular weight is 221 g/mol. The smallest absolute Gasteiger partial charge is 0.0991 e. The third kappa shape index (κ3) is 2.54. The first kappa shape index (κ1) is 11.4. The molecule has 0 aromatic heterocycles. The predicted octanol–water partition coefficient (Wildman–Crippen LogP) is 4.10. The van der Waals surface area contributed by atoms with Crippen molar-refractivity contribution in [2.24, 2.45) is 0 Å². The molecule has 0 radical (unpaired) electrons. The van der Waals surface area contributed by atoms with Gasteiger partial charge in [-0.3, -0.25) is 0 Å². The Morgan fingerprint density at radius 1 is 0.941 bits per heavy atom. The SMILES string of the molecule is CC[C@H](c1ccccc1)c1ccc(C#N)cc1. The van der Waals surface area contributed by atoms with E-state index >= 15 is 0 Å². The summed E-state index contributed by atoms with van der Waals surface area (Å²) in [5.41, 5.74) is 3.33. The van der Waals surface area contributed by atoms with Crippen LogP contribution < -0.4 is 0 Å². The molecule has 0 aliphatic carbocycles. The van der Waals surface area contributed by atoms with Crippen molar-refractivity contribution in [1.29, 1.82) is 5.26 Å². The summed E-state index contributed by atoms with van der Waals surface area (Å²) in [6.07, 6.45) is 1.07. The van der Waals surface area contributed by atoms with E-state index in [0.29, 0.717) is 5.92 Å². The van der Waals surface area contributed by atoms with Crippen molar-refractivity contribution in [3.05, 3.63) is 71.3 Å². The summed E-state index contributed by atoms with van der Waals surface area (Å²) in [6.45, 7) is 2.19. The summed E-state index contributed by atoms with van der Waals surface area (Å²) in [5, 5.41) is 8.79. The van der Waals surface area contributed by atoms with Gasteiger partial charge < -0.3 is 0 Å². The predicted molar refractivity (Wildman–Crippen MR) is 69.7 cm³/mol. The molecule has 0 amide bonds. The van der Waals surface area contributed by atoms with Crippen LogP contribution in [0.2, 0.25) is 0 Å². The van der Waals surface area contributed by atoms with Crippen LogP contribution in [0.4, 0.5) is 0 Å². The van der Waals surface area contributed by atoms with Crippen LogP contribution >= 0.6 is 0 Å². The van der Waals surface area contributed by atoms with Crippen LogP contribution in [0.15, 0.2) is 54.6 Å². The van der Waals surface area contributed by atoms with E-state index in [0.717, 1.165) is 12.0 Å². The Morgan fingerprint density at radius 2 is 1.53 bits per heavy atom. The lowest BCUT2D eigenvalue weighted by atomic mass is 9.89. The fourth-order valence-electron chi connectivity index (χ4n) is 2.14. The maximum atomic E-state index is 8.79. The van der Waals surface area contributed by atoms with Gasteiger partial charge in [0, 0.05) is 5.92 Å². The molecule has 0 fully saturated rings. The molecule has 0 bridgehead atoms. The highest BCUT2D eigenvalue weighted by Crippen LogP contribution is 2.27. The van der Waals surface area contributed by atoms with E-state index in [9.17, 15) is 0 Å². The molecule has 0 heterocycles. The summed E-state index contributed by atoms with van der Waals surface area (Å²) >= 11 is 0. The molecule has 1 nitrogen and oxygen atoms in total. The molecule has 1 atom stereocenters. The maximum Gasteiger partial charge on any atom is 0.0991 e. The Hall–Kier alpha value is -2.07. The average Bonchev–Trinajstić information content (AvgIpc) is 2.42. The fourth-order valence-corrected chi connectivity index (χ4v) is 2.14. The second-order valence-corrected chi connectivity index (χ2v) is 4.11. The van der Waals surface area contributed by atoms with Gasteiger partial charge in [0.05, 0.1) is 11.6 Å². The minimum atomic E-state index is 0.420. The molecule has 2 rings (SSSR count). The van der Waals surface area contributed by atoms with E-state index in [-0.39, 0.29) is 0 Å². The quantitative estimate of drug-likeness (QED) is 0.765. The van der Waals surface area contributed by atoms with Gasteiger partial charge in [-0.15, -0.1) is 0 Å². The van der Waals surface area contributed by atoms with Gasteiger partial charge in [-0.2, -0.15) is 5.26 Å². The minimum absolute atomic E-state index is 0.420. The molecule has 0 N–H and O–H groups in total. The molecular weight excluding hydrogens is 206 g/mol. The highest BCUT2D eigenvalue weighted by atomic mass is 14.2. The van der Waals surface area contributed by atoms with Crippen LogP contribution in [-0.4, -0.2) is 0 Å². The third-order valence-corrected chi connectivity index (χ3v) is 3.05. The monoisotopic (exact) mass is 221 g/mol. The lowest BCUT2D eigenvalue weighted by Crippen LogP contribution is -1.99. The molecule has 0 unspecified atom stereocenters. The standard InChI is InChI=1S/C16H15N/c1-2-16(14-6-4-3-5-7-14)15-10-8-13(12-17)9-11-15/h3-11,16H,2H2,1H3/t16-/m1/s1. The number of benzene rings is 2. The number of nitriles is 1. The summed E-state index contributed by atoms with van der Waals surface area (Å²) in [6, 6.07) is 20.5. The Balaban J connectivity index is 2.33. The first-order valence-electron chi connectivity index (χ1n) is 5.90. The Labute approximate surface area is 102 Å². The van der Waals surface area contributed by atoms with Gasteiger partial charge >= 0.3 is 0 Å². The van der Waals surface area contributed by atoms with Crippen LogP contribution in [-0.2, 0) is 0 Å². The molecule has 17 heavy (non-hydrogen) atoms. The van der Waals surface area contributed by atoms with Crippen LogP contribution in [0.1, 0.15) is 36.0 Å². The zero-order valence-electron chi connectivity index (χ0n) is 9.93. The molecule has 0 spiro atoms. The minimum Gasteiger partial charge on any atom is -0.192 e. The molecule has 0 aliphatic heterocycles. The van der Waals surface area contributed by atoms with Crippen LogP contribution in [0.3, 0.4) is 0 Å². The van der Waals surface area contributed by atoms with Gasteiger partial charge in [0.2, 0.25) is 0 Å². The highest BCUT2D eigenvalue weighted by molar-refractivity contribution is 5.37. The number of hydrogen-bond acceptors (Lipinski definition) is 1. The lowest BCUT2D eigenvalue weighted by Gasteiger charge is -2.15. The molecule has 84 valence electrons. The first-order valence-corrected chi connectivity index (χ1v) is 5.90. The maximum absolute atomic E-state index is 8.79. The van der Waals surface area contributed by atoms with Crippen LogP contribution in [0.25, 0.3) is 0 Å². The van der Waals surface area contributed by atoms with E-state index < -0.39 is 0 Å². The number of nitrogens with zero attached hydrogens (tertiary/aromatic N) is 1. The number of hydrogen-bond donors (Lipinski definition) is 0. The summed E-state index contributed by atoms with van der Waals surface area (Å²) in [5.74, 6) is 0.420. The second kappa shape index (κ2) is 5.32. The Bertz CT molecular complexity index is 505. The van der Waals surface area contributed by atoms with Crippen LogP contribution in [0, 0.1) is 11.3 Å². The Kier molecular flexibility index (Phi) is 3.57.